The molecule has 0 saturated heterocycles. The number of nitrogens with one attached hydrogen (secondary N) is 1. The highest BCUT2D eigenvalue weighted by Gasteiger charge is 2.53. The number of aromatic hydroxyl groups is 1. The molecule has 1 saturated carbocycles. The van der Waals surface area contributed by atoms with Crippen LogP contribution in [0, 0.1) is 10.8 Å². The summed E-state index contributed by atoms with van der Waals surface area (Å²) >= 11 is 0. The lowest BCUT2D eigenvalue weighted by Gasteiger charge is -2.51. The van der Waals surface area contributed by atoms with Crippen molar-refractivity contribution in [1.29, 1.82) is 0 Å². The second kappa shape index (κ2) is 6.53. The van der Waals surface area contributed by atoms with Crippen molar-refractivity contribution < 1.29 is 5.11 Å². The normalized spacial score (nSPS) is 19.4. The first-order chi connectivity index (χ1) is 15.0. The molecule has 1 fully saturated rings. The summed E-state index contributed by atoms with van der Waals surface area (Å²) in [4.78, 5) is 15.2. The molecule has 2 N–H and O–H groups in total. The summed E-state index contributed by atoms with van der Waals surface area (Å²) < 4.78 is 1.65. The van der Waals surface area contributed by atoms with Crippen molar-refractivity contribution in [1.82, 2.24) is 9.55 Å². The zero-order valence-corrected chi connectivity index (χ0v) is 19.5. The largest absolute Gasteiger partial charge is 0.507 e. The molecule has 6 rings (SSSR count). The van der Waals surface area contributed by atoms with Crippen molar-refractivity contribution in [3.8, 4) is 16.9 Å². The van der Waals surface area contributed by atoms with Gasteiger partial charge in [-0.3, -0.25) is 4.57 Å². The number of benzene rings is 3. The van der Waals surface area contributed by atoms with E-state index in [1.165, 1.54) is 28.7 Å². The molecule has 0 atom stereocenters. The summed E-state index contributed by atoms with van der Waals surface area (Å²) in [6.07, 6.45) is 3.30. The topological polar surface area (TPSA) is 58.0 Å². The van der Waals surface area contributed by atoms with Crippen LogP contribution in [0.2, 0.25) is 0 Å². The van der Waals surface area contributed by atoms with Crippen LogP contribution in [0.15, 0.2) is 47.3 Å². The van der Waals surface area contributed by atoms with E-state index >= 15 is 0 Å². The average Bonchev–Trinajstić information content (AvgIpc) is 3.10. The first-order valence-corrected chi connectivity index (χ1v) is 11.5. The molecular formula is C29H34N2O2. The third-order valence-electron chi connectivity index (χ3n) is 7.88. The van der Waals surface area contributed by atoms with E-state index in [9.17, 15) is 9.90 Å². The van der Waals surface area contributed by atoms with Crippen LogP contribution in [0.4, 0.5) is 0 Å². The molecule has 33 heavy (non-hydrogen) atoms. The Hall–Kier alpha value is -3.01. The smallest absolute Gasteiger partial charge is 0.326 e. The van der Waals surface area contributed by atoms with Gasteiger partial charge in [0.2, 0.25) is 0 Å². The van der Waals surface area contributed by atoms with Crippen LogP contribution >= 0.6 is 0 Å². The Morgan fingerprint density at radius 2 is 1.58 bits per heavy atom. The minimum Gasteiger partial charge on any atom is -0.507 e. The van der Waals surface area contributed by atoms with Crippen LogP contribution in [0.1, 0.15) is 65.5 Å². The predicted octanol–water partition coefficient (Wildman–Crippen LogP) is 6.86. The zero-order chi connectivity index (χ0) is 22.6. The quantitative estimate of drug-likeness (QED) is 0.312. The fourth-order valence-electron chi connectivity index (χ4n) is 7.55. The highest BCUT2D eigenvalue weighted by molar-refractivity contribution is 6.09. The summed E-state index contributed by atoms with van der Waals surface area (Å²) in [5.41, 5.74) is 6.83. The van der Waals surface area contributed by atoms with Gasteiger partial charge in [0.15, 0.2) is 0 Å². The van der Waals surface area contributed by atoms with Crippen LogP contribution < -0.4 is 5.69 Å². The molecule has 4 nitrogen and oxygen atoms in total. The van der Waals surface area contributed by atoms with Crippen molar-refractivity contribution in [2.45, 2.75) is 59.8 Å². The Morgan fingerprint density at radius 1 is 0.909 bits per heavy atom. The van der Waals surface area contributed by atoms with Crippen LogP contribution in [-0.2, 0) is 12.5 Å². The van der Waals surface area contributed by atoms with E-state index in [1.54, 1.807) is 11.6 Å². The fraction of sp³-hybridized carbons (Fsp3) is 0.414. The molecule has 0 amide bonds. The van der Waals surface area contributed by atoms with Gasteiger partial charge < -0.3 is 10.1 Å². The van der Waals surface area contributed by atoms with Gasteiger partial charge in [-0.1, -0.05) is 59.4 Å². The number of phenols is 1. The predicted molar refractivity (Wildman–Crippen MR) is 137 cm³/mol. The van der Waals surface area contributed by atoms with Gasteiger partial charge >= 0.3 is 5.69 Å². The Kier molecular flexibility index (Phi) is 4.31. The second-order valence-corrected chi connectivity index (χ2v) is 11.7. The first kappa shape index (κ1) is 21.8. The van der Waals surface area contributed by atoms with Gasteiger partial charge in [-0.25, -0.2) is 4.79 Å². The van der Waals surface area contributed by atoms with Crippen LogP contribution in [0.5, 0.6) is 5.75 Å². The number of nitrogens with zero attached hydrogens (tertiary/aromatic N) is 1. The Labute approximate surface area is 195 Å². The number of hydrogen-bond donors (Lipinski definition) is 2. The van der Waals surface area contributed by atoms with E-state index in [1.807, 2.05) is 12.1 Å². The van der Waals surface area contributed by atoms with E-state index in [0.29, 0.717) is 5.75 Å². The number of aromatic nitrogens is 2. The van der Waals surface area contributed by atoms with Crippen molar-refractivity contribution >= 4 is 21.8 Å². The van der Waals surface area contributed by atoms with Crippen LogP contribution in [0.3, 0.4) is 0 Å². The molecule has 2 aliphatic rings. The molecular weight excluding hydrogens is 408 g/mol. The maximum atomic E-state index is 12.3. The number of fused-ring (bicyclic) bond motifs is 8. The van der Waals surface area contributed by atoms with Gasteiger partial charge in [0.25, 0.3) is 0 Å². The van der Waals surface area contributed by atoms with Crippen molar-refractivity contribution in [2.75, 3.05) is 0 Å². The molecule has 0 unspecified atom stereocenters. The molecule has 4 heteroatoms. The van der Waals surface area contributed by atoms with Crippen LogP contribution in [0.25, 0.3) is 32.9 Å². The van der Waals surface area contributed by atoms with Crippen molar-refractivity contribution in [3.63, 3.8) is 0 Å². The number of hydrogen-bond acceptors (Lipinski definition) is 2. The van der Waals surface area contributed by atoms with Gasteiger partial charge in [-0.15, -0.1) is 0 Å². The molecule has 1 aromatic heterocycles. The Morgan fingerprint density at radius 3 is 2.27 bits per heavy atom. The molecule has 172 valence electrons. The van der Waals surface area contributed by atoms with E-state index < -0.39 is 0 Å². The van der Waals surface area contributed by atoms with Gasteiger partial charge in [0.05, 0.1) is 11.0 Å². The number of rotatable bonds is 0. The standard InChI is InChI=1S/C28H30N2O2.CH4/c1-26(2)13-27(3,4)15-28(14-26)19-9-7-6-8-16(19)24-18-11-22-21(29-25(32)30(22)5)10-17(18)23(31)12-20(24)28;/h6-12,31H,13-15H2,1-5H3,(H,29,32);1H4. The van der Waals surface area contributed by atoms with Crippen LogP contribution in [-0.4, -0.2) is 14.7 Å². The average molecular weight is 443 g/mol. The number of phenolic OH excluding ortho intramolecular Hbond substituents is 1. The summed E-state index contributed by atoms with van der Waals surface area (Å²) in [6, 6.07) is 14.8. The zero-order valence-electron chi connectivity index (χ0n) is 19.5. The third-order valence-corrected chi connectivity index (χ3v) is 7.88. The fourth-order valence-corrected chi connectivity index (χ4v) is 7.55. The highest BCUT2D eigenvalue weighted by Crippen LogP contribution is 2.64. The molecule has 2 aliphatic carbocycles. The lowest BCUT2D eigenvalue weighted by atomic mass is 9.52. The Bertz CT molecular complexity index is 1480. The molecule has 4 aromatic rings. The lowest BCUT2D eigenvalue weighted by molar-refractivity contribution is 0.0645. The summed E-state index contributed by atoms with van der Waals surface area (Å²) in [5, 5.41) is 13.0. The second-order valence-electron chi connectivity index (χ2n) is 11.7. The number of imidazole rings is 1. The molecule has 0 radical (unpaired) electrons. The maximum Gasteiger partial charge on any atom is 0.326 e. The highest BCUT2D eigenvalue weighted by atomic mass is 16.3. The lowest BCUT2D eigenvalue weighted by Crippen LogP contribution is -2.43. The van der Waals surface area contributed by atoms with E-state index in [4.69, 9.17) is 0 Å². The monoisotopic (exact) mass is 442 g/mol. The van der Waals surface area contributed by atoms with Gasteiger partial charge in [0.1, 0.15) is 5.75 Å². The maximum absolute atomic E-state index is 12.3. The summed E-state index contributed by atoms with van der Waals surface area (Å²) in [5.74, 6) is 0.290. The summed E-state index contributed by atoms with van der Waals surface area (Å²) in [7, 11) is 1.79. The SMILES string of the molecule is C.Cn1c(=O)[nH]c2cc3c(O)cc4c(c3cc21)-c1ccccc1C41CC(C)(C)CC(C)(C)C1. The number of aryl methyl sites for hydroxylation is 1. The van der Waals surface area contributed by atoms with Crippen molar-refractivity contribution in [2.24, 2.45) is 17.9 Å². The van der Waals surface area contributed by atoms with E-state index in [-0.39, 0.29) is 29.4 Å². The van der Waals surface area contributed by atoms with Crippen molar-refractivity contribution in [3.05, 3.63) is 64.1 Å². The molecule has 1 spiro atoms. The summed E-state index contributed by atoms with van der Waals surface area (Å²) in [6.45, 7) is 9.54. The van der Waals surface area contributed by atoms with Gasteiger partial charge in [-0.05, 0) is 75.9 Å². The molecule has 1 heterocycles. The molecule has 0 bridgehead atoms. The number of H-pyrrole nitrogens is 1. The third kappa shape index (κ3) is 2.86. The van der Waals surface area contributed by atoms with Gasteiger partial charge in [0, 0.05) is 17.8 Å². The number of aromatic amines is 1. The minimum absolute atomic E-state index is 0. The Balaban J connectivity index is 0.00000228. The molecule has 0 aliphatic heterocycles. The minimum atomic E-state index is -0.140. The van der Waals surface area contributed by atoms with Gasteiger partial charge in [-0.2, -0.15) is 0 Å². The molecule has 3 aromatic carbocycles. The van der Waals surface area contributed by atoms with E-state index in [0.717, 1.165) is 34.6 Å². The van der Waals surface area contributed by atoms with E-state index in [2.05, 4.69) is 63.0 Å². The first-order valence-electron chi connectivity index (χ1n) is 11.5.